The minimum atomic E-state index is -0.134. The van der Waals surface area contributed by atoms with Crippen LogP contribution < -0.4 is 10.6 Å². The smallest absolute Gasteiger partial charge is 0.225 e. The van der Waals surface area contributed by atoms with Crippen LogP contribution >= 0.6 is 0 Å². The molecule has 0 saturated heterocycles. The molecule has 0 atom stereocenters. The molecule has 3 rings (SSSR count). The largest absolute Gasteiger partial charge is 0.350 e. The van der Waals surface area contributed by atoms with Crippen LogP contribution in [-0.4, -0.2) is 20.5 Å². The standard InChI is InChI=1S/C22H27N5/c1-6-16-9-7-8-15(2)20(16)25-19-14-18(17-10-12-23-13-11-17)24-21(26-19)27-22(3,4)5/h7-14H,6H2,1-5H3,(H2,24,25,26,27). The minimum Gasteiger partial charge on any atom is -0.350 e. The van der Waals surface area contributed by atoms with Gasteiger partial charge in [-0.3, -0.25) is 4.98 Å². The first-order valence-electron chi connectivity index (χ1n) is 9.29. The highest BCUT2D eigenvalue weighted by Crippen LogP contribution is 2.28. The maximum absolute atomic E-state index is 4.71. The lowest BCUT2D eigenvalue weighted by molar-refractivity contribution is 0.626. The summed E-state index contributed by atoms with van der Waals surface area (Å²) in [4.78, 5) is 13.5. The molecule has 2 aromatic heterocycles. The van der Waals surface area contributed by atoms with Crippen LogP contribution in [0.3, 0.4) is 0 Å². The molecule has 140 valence electrons. The number of rotatable bonds is 5. The summed E-state index contributed by atoms with van der Waals surface area (Å²) in [5.41, 5.74) is 5.31. The fourth-order valence-corrected chi connectivity index (χ4v) is 2.90. The highest BCUT2D eigenvalue weighted by Gasteiger charge is 2.15. The van der Waals surface area contributed by atoms with E-state index in [9.17, 15) is 0 Å². The van der Waals surface area contributed by atoms with Crippen LogP contribution in [0.2, 0.25) is 0 Å². The van der Waals surface area contributed by atoms with E-state index >= 15 is 0 Å². The maximum Gasteiger partial charge on any atom is 0.225 e. The molecule has 0 spiro atoms. The molecule has 5 nitrogen and oxygen atoms in total. The normalized spacial score (nSPS) is 11.3. The van der Waals surface area contributed by atoms with Crippen LogP contribution in [-0.2, 0) is 6.42 Å². The number of anilines is 3. The van der Waals surface area contributed by atoms with Crippen LogP contribution in [0.1, 0.15) is 38.8 Å². The lowest BCUT2D eigenvalue weighted by Crippen LogP contribution is -2.27. The summed E-state index contributed by atoms with van der Waals surface area (Å²) < 4.78 is 0. The summed E-state index contributed by atoms with van der Waals surface area (Å²) in [5.74, 6) is 1.37. The average Bonchev–Trinajstić information content (AvgIpc) is 2.62. The quantitative estimate of drug-likeness (QED) is 0.640. The molecule has 0 saturated carbocycles. The summed E-state index contributed by atoms with van der Waals surface area (Å²) in [7, 11) is 0. The Bertz CT molecular complexity index is 914. The topological polar surface area (TPSA) is 62.7 Å². The molecule has 0 amide bonds. The van der Waals surface area contributed by atoms with Gasteiger partial charge in [-0.25, -0.2) is 4.98 Å². The lowest BCUT2D eigenvalue weighted by Gasteiger charge is -2.22. The number of nitrogens with one attached hydrogen (secondary N) is 2. The van der Waals surface area contributed by atoms with E-state index in [2.05, 4.69) is 68.4 Å². The van der Waals surface area contributed by atoms with Crippen molar-refractivity contribution in [3.8, 4) is 11.3 Å². The van der Waals surface area contributed by atoms with E-state index < -0.39 is 0 Å². The van der Waals surface area contributed by atoms with Crippen molar-refractivity contribution in [2.45, 2.75) is 46.6 Å². The number of aromatic nitrogens is 3. The predicted octanol–water partition coefficient (Wildman–Crippen LogP) is 5.36. The predicted molar refractivity (Wildman–Crippen MR) is 112 cm³/mol. The van der Waals surface area contributed by atoms with Gasteiger partial charge in [0.25, 0.3) is 0 Å². The third-order valence-electron chi connectivity index (χ3n) is 4.18. The van der Waals surface area contributed by atoms with Crippen LogP contribution in [0.4, 0.5) is 17.5 Å². The van der Waals surface area contributed by atoms with Crippen molar-refractivity contribution in [1.82, 2.24) is 15.0 Å². The fraction of sp³-hybridized carbons (Fsp3) is 0.318. The molecule has 0 aliphatic carbocycles. The average molecular weight is 361 g/mol. The molecule has 2 heterocycles. The Morgan fingerprint density at radius 1 is 1.00 bits per heavy atom. The number of hydrogen-bond donors (Lipinski definition) is 2. The van der Waals surface area contributed by atoms with Crippen molar-refractivity contribution in [3.05, 3.63) is 59.9 Å². The number of para-hydroxylation sites is 1. The molecule has 3 aromatic rings. The first kappa shape index (κ1) is 18.8. The molecule has 0 aliphatic rings. The summed E-state index contributed by atoms with van der Waals surface area (Å²) >= 11 is 0. The second-order valence-corrected chi connectivity index (χ2v) is 7.66. The van der Waals surface area contributed by atoms with Crippen LogP contribution in [0, 0.1) is 6.92 Å². The molecule has 27 heavy (non-hydrogen) atoms. The molecule has 0 fully saturated rings. The van der Waals surface area contributed by atoms with Crippen molar-refractivity contribution in [3.63, 3.8) is 0 Å². The Morgan fingerprint density at radius 3 is 2.41 bits per heavy atom. The molecule has 0 bridgehead atoms. The third-order valence-corrected chi connectivity index (χ3v) is 4.18. The van der Waals surface area contributed by atoms with E-state index in [0.717, 1.165) is 29.2 Å². The maximum atomic E-state index is 4.71. The van der Waals surface area contributed by atoms with E-state index in [1.807, 2.05) is 18.2 Å². The van der Waals surface area contributed by atoms with Gasteiger partial charge in [-0.1, -0.05) is 25.1 Å². The number of benzene rings is 1. The number of hydrogen-bond acceptors (Lipinski definition) is 5. The van der Waals surface area contributed by atoms with Crippen LogP contribution in [0.15, 0.2) is 48.8 Å². The van der Waals surface area contributed by atoms with Gasteiger partial charge in [0.05, 0.1) is 5.69 Å². The minimum absolute atomic E-state index is 0.134. The third kappa shape index (κ3) is 4.82. The van der Waals surface area contributed by atoms with Crippen molar-refractivity contribution in [2.24, 2.45) is 0 Å². The molecule has 0 radical (unpaired) electrons. The molecular weight excluding hydrogens is 334 g/mol. The highest BCUT2D eigenvalue weighted by molar-refractivity contribution is 5.70. The van der Waals surface area contributed by atoms with E-state index in [-0.39, 0.29) is 5.54 Å². The zero-order valence-electron chi connectivity index (χ0n) is 16.7. The summed E-state index contributed by atoms with van der Waals surface area (Å²) in [6, 6.07) is 12.2. The van der Waals surface area contributed by atoms with E-state index in [1.54, 1.807) is 12.4 Å². The van der Waals surface area contributed by atoms with Gasteiger partial charge >= 0.3 is 0 Å². The summed E-state index contributed by atoms with van der Waals surface area (Å²) in [6.07, 6.45) is 4.51. The lowest BCUT2D eigenvalue weighted by atomic mass is 10.1. The van der Waals surface area contributed by atoms with Crippen molar-refractivity contribution >= 4 is 17.5 Å². The number of pyridine rings is 1. The highest BCUT2D eigenvalue weighted by atomic mass is 15.2. The van der Waals surface area contributed by atoms with Crippen molar-refractivity contribution < 1.29 is 0 Å². The van der Waals surface area contributed by atoms with Gasteiger partial charge in [-0.05, 0) is 57.4 Å². The van der Waals surface area contributed by atoms with Gasteiger partial charge in [0.2, 0.25) is 5.95 Å². The number of nitrogens with zero attached hydrogens (tertiary/aromatic N) is 3. The van der Waals surface area contributed by atoms with Gasteiger partial charge in [0.1, 0.15) is 5.82 Å². The Labute approximate surface area is 161 Å². The van der Waals surface area contributed by atoms with Crippen molar-refractivity contribution in [2.75, 3.05) is 10.6 Å². The van der Waals surface area contributed by atoms with Crippen LogP contribution in [0.25, 0.3) is 11.3 Å². The molecule has 0 unspecified atom stereocenters. The Morgan fingerprint density at radius 2 is 1.74 bits per heavy atom. The van der Waals surface area contributed by atoms with Crippen molar-refractivity contribution in [1.29, 1.82) is 0 Å². The van der Waals surface area contributed by atoms with E-state index in [4.69, 9.17) is 9.97 Å². The SMILES string of the molecule is CCc1cccc(C)c1Nc1cc(-c2ccncc2)nc(NC(C)(C)C)n1. The van der Waals surface area contributed by atoms with Gasteiger partial charge in [0.15, 0.2) is 0 Å². The number of aryl methyl sites for hydroxylation is 2. The Balaban J connectivity index is 2.05. The van der Waals surface area contributed by atoms with Gasteiger partial charge < -0.3 is 10.6 Å². The summed E-state index contributed by atoms with van der Waals surface area (Å²) in [6.45, 7) is 10.6. The second-order valence-electron chi connectivity index (χ2n) is 7.66. The van der Waals surface area contributed by atoms with Gasteiger partial charge in [-0.15, -0.1) is 0 Å². The second kappa shape index (κ2) is 7.74. The Kier molecular flexibility index (Phi) is 5.40. The van der Waals surface area contributed by atoms with E-state index in [1.165, 1.54) is 11.1 Å². The van der Waals surface area contributed by atoms with E-state index in [0.29, 0.717) is 5.95 Å². The molecule has 0 aliphatic heterocycles. The monoisotopic (exact) mass is 361 g/mol. The Hall–Kier alpha value is -2.95. The molecule has 2 N–H and O–H groups in total. The zero-order valence-corrected chi connectivity index (χ0v) is 16.7. The molecule has 1 aromatic carbocycles. The molecule has 5 heteroatoms. The van der Waals surface area contributed by atoms with Gasteiger partial charge in [0, 0.05) is 35.2 Å². The fourth-order valence-electron chi connectivity index (χ4n) is 2.90. The van der Waals surface area contributed by atoms with Crippen LogP contribution in [0.5, 0.6) is 0 Å². The zero-order chi connectivity index (χ0) is 19.4. The first-order chi connectivity index (χ1) is 12.9. The van der Waals surface area contributed by atoms with Gasteiger partial charge in [-0.2, -0.15) is 4.98 Å². The summed E-state index contributed by atoms with van der Waals surface area (Å²) in [5, 5.41) is 6.90. The first-order valence-corrected chi connectivity index (χ1v) is 9.29. The molecular formula is C22H27N5.